The van der Waals surface area contributed by atoms with Crippen molar-refractivity contribution in [1.82, 2.24) is 4.57 Å². The SMILES string of the molecule is COc1ccc2c3ccc(OC)cc3n(CCN)c2c1.Cl. The predicted molar refractivity (Wildman–Crippen MR) is 88.9 cm³/mol. The summed E-state index contributed by atoms with van der Waals surface area (Å²) in [7, 11) is 3.36. The fraction of sp³-hybridized carbons (Fsp3) is 0.250. The van der Waals surface area contributed by atoms with Crippen LogP contribution in [0.3, 0.4) is 0 Å². The van der Waals surface area contributed by atoms with Gasteiger partial charge in [0.2, 0.25) is 0 Å². The third kappa shape index (κ3) is 2.52. The molecule has 21 heavy (non-hydrogen) atoms. The molecule has 0 aliphatic heterocycles. The first kappa shape index (κ1) is 15.5. The van der Waals surface area contributed by atoms with Crippen molar-refractivity contribution in [1.29, 1.82) is 0 Å². The van der Waals surface area contributed by atoms with E-state index in [0.29, 0.717) is 6.54 Å². The zero-order chi connectivity index (χ0) is 14.1. The van der Waals surface area contributed by atoms with Crippen LogP contribution >= 0.6 is 12.4 Å². The Balaban J connectivity index is 0.00000161. The topological polar surface area (TPSA) is 49.4 Å². The molecule has 0 amide bonds. The van der Waals surface area contributed by atoms with Gasteiger partial charge >= 0.3 is 0 Å². The maximum atomic E-state index is 5.76. The van der Waals surface area contributed by atoms with Gasteiger partial charge < -0.3 is 19.8 Å². The van der Waals surface area contributed by atoms with E-state index in [2.05, 4.69) is 28.8 Å². The van der Waals surface area contributed by atoms with Crippen molar-refractivity contribution in [3.63, 3.8) is 0 Å². The van der Waals surface area contributed by atoms with Crippen LogP contribution in [0.5, 0.6) is 11.5 Å². The Kier molecular flexibility index (Phi) is 4.60. The fourth-order valence-corrected chi connectivity index (χ4v) is 2.68. The molecule has 2 aromatic carbocycles. The summed E-state index contributed by atoms with van der Waals surface area (Å²) in [4.78, 5) is 0. The average molecular weight is 307 g/mol. The summed E-state index contributed by atoms with van der Waals surface area (Å²) in [5.74, 6) is 1.70. The minimum Gasteiger partial charge on any atom is -0.497 e. The van der Waals surface area contributed by atoms with E-state index < -0.39 is 0 Å². The lowest BCUT2D eigenvalue weighted by Crippen LogP contribution is -2.09. The smallest absolute Gasteiger partial charge is 0.120 e. The lowest BCUT2D eigenvalue weighted by Gasteiger charge is -2.07. The van der Waals surface area contributed by atoms with Gasteiger partial charge in [-0.05, 0) is 24.3 Å². The number of nitrogens with two attached hydrogens (primary N) is 1. The zero-order valence-electron chi connectivity index (χ0n) is 12.1. The van der Waals surface area contributed by atoms with E-state index in [1.54, 1.807) is 14.2 Å². The van der Waals surface area contributed by atoms with Crippen LogP contribution in [0.1, 0.15) is 0 Å². The highest BCUT2D eigenvalue weighted by Gasteiger charge is 2.11. The molecular formula is C16H19ClN2O2. The Hall–Kier alpha value is -1.91. The van der Waals surface area contributed by atoms with Crippen molar-refractivity contribution < 1.29 is 9.47 Å². The summed E-state index contributed by atoms with van der Waals surface area (Å²) >= 11 is 0. The molecule has 0 spiro atoms. The van der Waals surface area contributed by atoms with Crippen molar-refractivity contribution in [3.8, 4) is 11.5 Å². The monoisotopic (exact) mass is 306 g/mol. The molecule has 0 saturated carbocycles. The van der Waals surface area contributed by atoms with Crippen LogP contribution < -0.4 is 15.2 Å². The second kappa shape index (κ2) is 6.24. The number of aromatic nitrogens is 1. The van der Waals surface area contributed by atoms with E-state index in [1.165, 1.54) is 10.8 Å². The quantitative estimate of drug-likeness (QED) is 0.805. The molecule has 4 nitrogen and oxygen atoms in total. The van der Waals surface area contributed by atoms with Crippen LogP contribution in [0.4, 0.5) is 0 Å². The van der Waals surface area contributed by atoms with Crippen molar-refractivity contribution in [2.45, 2.75) is 6.54 Å². The van der Waals surface area contributed by atoms with E-state index in [0.717, 1.165) is 29.1 Å². The van der Waals surface area contributed by atoms with Crippen LogP contribution in [0, 0.1) is 0 Å². The van der Waals surface area contributed by atoms with Gasteiger partial charge in [-0.3, -0.25) is 0 Å². The minimum atomic E-state index is 0. The molecular weight excluding hydrogens is 288 g/mol. The number of fused-ring (bicyclic) bond motifs is 3. The Labute approximate surface area is 129 Å². The minimum absolute atomic E-state index is 0. The van der Waals surface area contributed by atoms with Gasteiger partial charge in [-0.1, -0.05) is 0 Å². The molecule has 2 N–H and O–H groups in total. The first-order valence-electron chi connectivity index (χ1n) is 6.62. The summed E-state index contributed by atoms with van der Waals surface area (Å²) in [6, 6.07) is 12.3. The van der Waals surface area contributed by atoms with E-state index in [-0.39, 0.29) is 12.4 Å². The van der Waals surface area contributed by atoms with Crippen LogP contribution in [0.15, 0.2) is 36.4 Å². The molecule has 0 aliphatic carbocycles. The fourth-order valence-electron chi connectivity index (χ4n) is 2.68. The Morgan fingerprint density at radius 3 is 1.76 bits per heavy atom. The number of hydrogen-bond donors (Lipinski definition) is 1. The number of benzene rings is 2. The molecule has 0 fully saturated rings. The second-order valence-corrected chi connectivity index (χ2v) is 4.71. The maximum Gasteiger partial charge on any atom is 0.120 e. The molecule has 3 aromatic rings. The van der Waals surface area contributed by atoms with E-state index >= 15 is 0 Å². The van der Waals surface area contributed by atoms with Crippen LogP contribution in [0.25, 0.3) is 21.8 Å². The van der Waals surface area contributed by atoms with Crippen molar-refractivity contribution in [2.24, 2.45) is 5.73 Å². The standard InChI is InChI=1S/C16H18N2O2.ClH/c1-19-11-3-5-13-14-6-4-12(20-2)10-16(14)18(8-7-17)15(13)9-11;/h3-6,9-10H,7-8,17H2,1-2H3;1H. The molecule has 1 heterocycles. The third-order valence-corrected chi connectivity index (χ3v) is 3.63. The molecule has 0 bridgehead atoms. The average Bonchev–Trinajstić information content (AvgIpc) is 2.80. The molecule has 0 unspecified atom stereocenters. The number of ether oxygens (including phenoxy) is 2. The number of nitrogens with zero attached hydrogens (tertiary/aromatic N) is 1. The Bertz CT molecular complexity index is 706. The van der Waals surface area contributed by atoms with Gasteiger partial charge in [0.05, 0.1) is 25.3 Å². The van der Waals surface area contributed by atoms with E-state index in [9.17, 15) is 0 Å². The Morgan fingerprint density at radius 1 is 0.905 bits per heavy atom. The Morgan fingerprint density at radius 2 is 1.38 bits per heavy atom. The highest BCUT2D eigenvalue weighted by atomic mass is 35.5. The molecule has 1 aromatic heterocycles. The summed E-state index contributed by atoms with van der Waals surface area (Å²) in [6.45, 7) is 1.35. The van der Waals surface area contributed by atoms with Crippen molar-refractivity contribution in [2.75, 3.05) is 20.8 Å². The first-order valence-corrected chi connectivity index (χ1v) is 6.62. The lowest BCUT2D eigenvalue weighted by molar-refractivity contribution is 0.415. The van der Waals surface area contributed by atoms with Gasteiger partial charge in [-0.15, -0.1) is 12.4 Å². The van der Waals surface area contributed by atoms with Gasteiger partial charge in [0, 0.05) is 36.0 Å². The maximum absolute atomic E-state index is 5.76. The van der Waals surface area contributed by atoms with Gasteiger partial charge in [-0.2, -0.15) is 0 Å². The summed E-state index contributed by atoms with van der Waals surface area (Å²) in [6.07, 6.45) is 0. The largest absolute Gasteiger partial charge is 0.497 e. The zero-order valence-corrected chi connectivity index (χ0v) is 12.9. The summed E-state index contributed by atoms with van der Waals surface area (Å²) in [5, 5.41) is 2.41. The van der Waals surface area contributed by atoms with Gasteiger partial charge in [0.15, 0.2) is 0 Å². The van der Waals surface area contributed by atoms with Gasteiger partial charge in [0.25, 0.3) is 0 Å². The molecule has 3 rings (SSSR count). The molecule has 0 radical (unpaired) electrons. The van der Waals surface area contributed by atoms with Gasteiger partial charge in [-0.25, -0.2) is 0 Å². The number of rotatable bonds is 4. The first-order chi connectivity index (χ1) is 9.78. The molecule has 0 atom stereocenters. The van der Waals surface area contributed by atoms with E-state index in [4.69, 9.17) is 15.2 Å². The molecule has 5 heteroatoms. The number of halogens is 1. The van der Waals surface area contributed by atoms with E-state index in [1.807, 2.05) is 12.1 Å². The number of methoxy groups -OCH3 is 2. The third-order valence-electron chi connectivity index (χ3n) is 3.63. The highest BCUT2D eigenvalue weighted by Crippen LogP contribution is 2.33. The van der Waals surface area contributed by atoms with Crippen LogP contribution in [-0.4, -0.2) is 25.3 Å². The molecule has 0 saturated heterocycles. The van der Waals surface area contributed by atoms with Crippen molar-refractivity contribution in [3.05, 3.63) is 36.4 Å². The highest BCUT2D eigenvalue weighted by molar-refractivity contribution is 6.08. The van der Waals surface area contributed by atoms with Crippen LogP contribution in [0.2, 0.25) is 0 Å². The van der Waals surface area contributed by atoms with Crippen molar-refractivity contribution >= 4 is 34.2 Å². The predicted octanol–water partition coefficient (Wildman–Crippen LogP) is 3.19. The van der Waals surface area contributed by atoms with Crippen LogP contribution in [-0.2, 0) is 6.54 Å². The normalized spacial score (nSPS) is 10.6. The summed E-state index contributed by atoms with van der Waals surface area (Å²) in [5.41, 5.74) is 8.03. The van der Waals surface area contributed by atoms with Gasteiger partial charge in [0.1, 0.15) is 11.5 Å². The lowest BCUT2D eigenvalue weighted by atomic mass is 10.1. The molecule has 112 valence electrons. The second-order valence-electron chi connectivity index (χ2n) is 4.71. The summed E-state index contributed by atoms with van der Waals surface area (Å²) < 4.78 is 12.9. The number of hydrogen-bond acceptors (Lipinski definition) is 3. The molecule has 0 aliphatic rings.